The molecule has 0 aliphatic heterocycles. The van der Waals surface area contributed by atoms with Crippen LogP contribution in [0.25, 0.3) is 0 Å². The van der Waals surface area contributed by atoms with Gasteiger partial charge in [-0.3, -0.25) is 4.79 Å². The highest BCUT2D eigenvalue weighted by Gasteiger charge is 2.11. The summed E-state index contributed by atoms with van der Waals surface area (Å²) in [5.74, 6) is -2.04. The normalized spacial score (nSPS) is 9.87. The van der Waals surface area contributed by atoms with Gasteiger partial charge in [-0.2, -0.15) is 0 Å². The molecule has 0 fully saturated rings. The zero-order valence-corrected chi connectivity index (χ0v) is 7.93. The molecule has 0 spiro atoms. The molecule has 0 radical (unpaired) electrons. The molecule has 1 aromatic carbocycles. The molecule has 1 aromatic rings. The predicted molar refractivity (Wildman–Crippen MR) is 53.8 cm³/mol. The molecule has 0 aliphatic rings. The van der Waals surface area contributed by atoms with Gasteiger partial charge in [-0.1, -0.05) is 12.1 Å². The van der Waals surface area contributed by atoms with Crippen molar-refractivity contribution in [2.24, 2.45) is 0 Å². The first-order valence-electron chi connectivity index (χ1n) is 4.35. The number of rotatable bonds is 4. The Morgan fingerprint density at radius 2 is 1.93 bits per heavy atom. The molecular weight excluding hydrogens is 198 g/mol. The Kier molecular flexibility index (Phi) is 3.28. The molecule has 1 rings (SSSR count). The number of aliphatic carboxylic acids is 1. The van der Waals surface area contributed by atoms with Crippen LogP contribution in [0.15, 0.2) is 18.2 Å². The fraction of sp³-hybridized carbons (Fsp3) is 0.200. The van der Waals surface area contributed by atoms with Crippen molar-refractivity contribution in [3.8, 4) is 0 Å². The third-order valence-electron chi connectivity index (χ3n) is 2.04. The average Bonchev–Trinajstić information content (AvgIpc) is 2.15. The van der Waals surface area contributed by atoms with E-state index in [0.717, 1.165) is 0 Å². The number of nitrogen functional groups attached to an aromatic ring is 1. The summed E-state index contributed by atoms with van der Waals surface area (Å²) in [6.45, 7) is 0. The molecule has 0 saturated heterocycles. The van der Waals surface area contributed by atoms with Crippen molar-refractivity contribution in [3.05, 3.63) is 29.3 Å². The zero-order valence-electron chi connectivity index (χ0n) is 7.93. The number of benzene rings is 1. The maximum atomic E-state index is 10.7. The number of carboxylic acid groups (broad SMARTS) is 2. The molecule has 0 amide bonds. The van der Waals surface area contributed by atoms with E-state index in [-0.39, 0.29) is 24.1 Å². The second kappa shape index (κ2) is 4.45. The molecule has 0 unspecified atom stereocenters. The SMILES string of the molecule is Nc1c(CCC(=O)O)cccc1C(=O)O. The van der Waals surface area contributed by atoms with E-state index in [9.17, 15) is 9.59 Å². The summed E-state index contributed by atoms with van der Waals surface area (Å²) in [7, 11) is 0. The molecule has 0 aliphatic carbocycles. The third kappa shape index (κ3) is 2.70. The highest BCUT2D eigenvalue weighted by molar-refractivity contribution is 5.94. The maximum Gasteiger partial charge on any atom is 0.337 e. The van der Waals surface area contributed by atoms with Gasteiger partial charge in [-0.05, 0) is 18.1 Å². The van der Waals surface area contributed by atoms with Crippen molar-refractivity contribution in [2.75, 3.05) is 5.73 Å². The second-order valence-electron chi connectivity index (χ2n) is 3.08. The van der Waals surface area contributed by atoms with Crippen LogP contribution in [0.3, 0.4) is 0 Å². The number of carboxylic acids is 2. The molecular formula is C10H11NO4. The van der Waals surface area contributed by atoms with Crippen molar-refractivity contribution >= 4 is 17.6 Å². The number of aromatic carboxylic acids is 1. The largest absolute Gasteiger partial charge is 0.481 e. The van der Waals surface area contributed by atoms with E-state index in [1.54, 1.807) is 12.1 Å². The topological polar surface area (TPSA) is 101 Å². The summed E-state index contributed by atoms with van der Waals surface area (Å²) in [4.78, 5) is 21.1. The summed E-state index contributed by atoms with van der Waals surface area (Å²) < 4.78 is 0. The zero-order chi connectivity index (χ0) is 11.4. The maximum absolute atomic E-state index is 10.7. The number of hydrogen-bond acceptors (Lipinski definition) is 3. The molecule has 0 bridgehead atoms. The summed E-state index contributed by atoms with van der Waals surface area (Å²) in [6.07, 6.45) is 0.176. The fourth-order valence-electron chi connectivity index (χ4n) is 1.26. The molecule has 5 nitrogen and oxygen atoms in total. The van der Waals surface area contributed by atoms with E-state index in [2.05, 4.69) is 0 Å². The van der Waals surface area contributed by atoms with Crippen LogP contribution in [0.5, 0.6) is 0 Å². The van der Waals surface area contributed by atoms with Gasteiger partial charge in [0.2, 0.25) is 0 Å². The van der Waals surface area contributed by atoms with Gasteiger partial charge in [0.15, 0.2) is 0 Å². The van der Waals surface area contributed by atoms with Crippen molar-refractivity contribution < 1.29 is 19.8 Å². The van der Waals surface area contributed by atoms with Crippen LogP contribution < -0.4 is 5.73 Å². The van der Waals surface area contributed by atoms with Crippen LogP contribution in [0.4, 0.5) is 5.69 Å². The van der Waals surface area contributed by atoms with E-state index < -0.39 is 11.9 Å². The summed E-state index contributed by atoms with van der Waals surface area (Å²) in [5, 5.41) is 17.3. The minimum Gasteiger partial charge on any atom is -0.481 e. The van der Waals surface area contributed by atoms with Crippen molar-refractivity contribution in [2.45, 2.75) is 12.8 Å². The van der Waals surface area contributed by atoms with Crippen LogP contribution in [0.2, 0.25) is 0 Å². The molecule has 0 saturated carbocycles. The van der Waals surface area contributed by atoms with Gasteiger partial charge in [0.1, 0.15) is 0 Å². The lowest BCUT2D eigenvalue weighted by Crippen LogP contribution is -2.06. The van der Waals surface area contributed by atoms with Gasteiger partial charge in [0.25, 0.3) is 0 Å². The molecule has 15 heavy (non-hydrogen) atoms. The van der Waals surface area contributed by atoms with Crippen molar-refractivity contribution in [1.29, 1.82) is 0 Å². The van der Waals surface area contributed by atoms with E-state index in [0.29, 0.717) is 5.56 Å². The average molecular weight is 209 g/mol. The smallest absolute Gasteiger partial charge is 0.337 e. The lowest BCUT2D eigenvalue weighted by atomic mass is 10.0. The summed E-state index contributed by atoms with van der Waals surface area (Å²) >= 11 is 0. The van der Waals surface area contributed by atoms with Crippen LogP contribution >= 0.6 is 0 Å². The Balaban J connectivity index is 2.94. The second-order valence-corrected chi connectivity index (χ2v) is 3.08. The number of nitrogens with two attached hydrogens (primary N) is 1. The number of hydrogen-bond donors (Lipinski definition) is 3. The Morgan fingerprint density at radius 1 is 1.27 bits per heavy atom. The van der Waals surface area contributed by atoms with Gasteiger partial charge < -0.3 is 15.9 Å². The van der Waals surface area contributed by atoms with Gasteiger partial charge in [0, 0.05) is 12.1 Å². The molecule has 4 N–H and O–H groups in total. The van der Waals surface area contributed by atoms with Crippen LogP contribution in [0.1, 0.15) is 22.3 Å². The lowest BCUT2D eigenvalue weighted by molar-refractivity contribution is -0.136. The fourth-order valence-corrected chi connectivity index (χ4v) is 1.26. The van der Waals surface area contributed by atoms with E-state index >= 15 is 0 Å². The number of anilines is 1. The summed E-state index contributed by atoms with van der Waals surface area (Å²) in [5.41, 5.74) is 6.31. The Labute approximate surface area is 86.1 Å². The molecule has 80 valence electrons. The number of para-hydroxylation sites is 1. The first-order valence-corrected chi connectivity index (χ1v) is 4.35. The van der Waals surface area contributed by atoms with Crippen molar-refractivity contribution in [3.63, 3.8) is 0 Å². The first-order chi connectivity index (χ1) is 7.02. The highest BCUT2D eigenvalue weighted by Crippen LogP contribution is 2.18. The Hall–Kier alpha value is -2.04. The first kappa shape index (κ1) is 11.0. The van der Waals surface area contributed by atoms with Crippen LogP contribution in [-0.2, 0) is 11.2 Å². The molecule has 0 atom stereocenters. The van der Waals surface area contributed by atoms with E-state index in [4.69, 9.17) is 15.9 Å². The Bertz CT molecular complexity index is 400. The van der Waals surface area contributed by atoms with Crippen molar-refractivity contribution in [1.82, 2.24) is 0 Å². The van der Waals surface area contributed by atoms with E-state index in [1.165, 1.54) is 6.07 Å². The number of aryl methyl sites for hydroxylation is 1. The minimum atomic E-state index is -1.11. The lowest BCUT2D eigenvalue weighted by Gasteiger charge is -2.06. The monoisotopic (exact) mass is 209 g/mol. The highest BCUT2D eigenvalue weighted by atomic mass is 16.4. The van der Waals surface area contributed by atoms with Gasteiger partial charge >= 0.3 is 11.9 Å². The van der Waals surface area contributed by atoms with Gasteiger partial charge in [-0.25, -0.2) is 4.79 Å². The number of carbonyl (C=O) groups is 2. The molecule has 0 heterocycles. The molecule has 5 heteroatoms. The predicted octanol–water partition coefficient (Wildman–Crippen LogP) is 0.984. The minimum absolute atomic E-state index is 0.0119. The quantitative estimate of drug-likeness (QED) is 0.642. The van der Waals surface area contributed by atoms with Gasteiger partial charge in [0.05, 0.1) is 5.56 Å². The van der Waals surface area contributed by atoms with Crippen LogP contribution in [-0.4, -0.2) is 22.2 Å². The summed E-state index contributed by atoms with van der Waals surface area (Å²) in [6, 6.07) is 4.57. The van der Waals surface area contributed by atoms with Gasteiger partial charge in [-0.15, -0.1) is 0 Å². The standard InChI is InChI=1S/C10H11NO4/c11-9-6(4-5-8(12)13)2-1-3-7(9)10(14)15/h1-3H,4-5,11H2,(H,12,13)(H,14,15). The Morgan fingerprint density at radius 3 is 2.47 bits per heavy atom. The van der Waals surface area contributed by atoms with E-state index in [1.807, 2.05) is 0 Å². The van der Waals surface area contributed by atoms with Crippen LogP contribution in [0, 0.1) is 0 Å². The molecule has 0 aromatic heterocycles. The third-order valence-corrected chi connectivity index (χ3v) is 2.04.